The van der Waals surface area contributed by atoms with Gasteiger partial charge >= 0.3 is 0 Å². The number of hydrogen-bond acceptors (Lipinski definition) is 0. The van der Waals surface area contributed by atoms with E-state index in [1.165, 1.54) is 11.1 Å². The van der Waals surface area contributed by atoms with Crippen molar-refractivity contribution in [1.82, 2.24) is 0 Å². The van der Waals surface area contributed by atoms with Crippen LogP contribution in [-0.4, -0.2) is 0 Å². The lowest BCUT2D eigenvalue weighted by Gasteiger charge is -2.28. The van der Waals surface area contributed by atoms with Gasteiger partial charge in [0.15, 0.2) is 0 Å². The van der Waals surface area contributed by atoms with Crippen LogP contribution in [0.5, 0.6) is 0 Å². The van der Waals surface area contributed by atoms with Gasteiger partial charge in [-0.05, 0) is 17.5 Å². The second kappa shape index (κ2) is 5.37. The van der Waals surface area contributed by atoms with Crippen LogP contribution in [0.2, 0.25) is 0 Å². The Morgan fingerprint density at radius 3 is 1.59 bits per heavy atom. The molecule has 2 aromatic carbocycles. The van der Waals surface area contributed by atoms with Gasteiger partial charge in [0.25, 0.3) is 0 Å². The van der Waals surface area contributed by atoms with Crippen LogP contribution >= 0.6 is 11.6 Å². The third-order valence-electron chi connectivity index (χ3n) is 3.06. The van der Waals surface area contributed by atoms with Crippen molar-refractivity contribution in [2.45, 2.75) is 24.6 Å². The van der Waals surface area contributed by atoms with Crippen LogP contribution in [0, 0.1) is 0 Å². The Bertz CT molecular complexity index is 408. The molecular formula is C16H17Cl. The average molecular weight is 245 g/mol. The molecule has 0 aliphatic heterocycles. The Morgan fingerprint density at radius 2 is 1.24 bits per heavy atom. The Balaban J connectivity index is 2.47. The quantitative estimate of drug-likeness (QED) is 0.667. The van der Waals surface area contributed by atoms with Gasteiger partial charge in [-0.15, -0.1) is 11.6 Å². The largest absolute Gasteiger partial charge is 0.109 e. The van der Waals surface area contributed by atoms with Gasteiger partial charge < -0.3 is 0 Å². The molecule has 2 rings (SSSR count). The smallest absolute Gasteiger partial charge is 0.0944 e. The minimum absolute atomic E-state index is 0.392. The summed E-state index contributed by atoms with van der Waals surface area (Å²) in [4.78, 5) is -0.392. The zero-order valence-electron chi connectivity index (χ0n) is 10.1. The van der Waals surface area contributed by atoms with Gasteiger partial charge in [-0.1, -0.05) is 74.0 Å². The van der Waals surface area contributed by atoms with Gasteiger partial charge in [-0.2, -0.15) is 0 Å². The van der Waals surface area contributed by atoms with E-state index in [0.717, 1.165) is 12.8 Å². The summed E-state index contributed by atoms with van der Waals surface area (Å²) in [5, 5.41) is 0. The van der Waals surface area contributed by atoms with Crippen molar-refractivity contribution in [3.05, 3.63) is 71.8 Å². The Morgan fingerprint density at radius 1 is 0.824 bits per heavy atom. The molecule has 0 spiro atoms. The maximum Gasteiger partial charge on any atom is 0.0944 e. The van der Waals surface area contributed by atoms with E-state index in [4.69, 9.17) is 11.6 Å². The lowest BCUT2D eigenvalue weighted by atomic mass is 9.87. The van der Waals surface area contributed by atoms with Crippen molar-refractivity contribution in [3.8, 4) is 0 Å². The summed E-state index contributed by atoms with van der Waals surface area (Å²) >= 11 is 6.89. The molecule has 2 aromatic rings. The Kier molecular flexibility index (Phi) is 3.86. The van der Waals surface area contributed by atoms with Crippen molar-refractivity contribution >= 4 is 11.6 Å². The van der Waals surface area contributed by atoms with E-state index in [2.05, 4.69) is 31.2 Å². The molecule has 0 N–H and O–H groups in total. The molecule has 0 saturated carbocycles. The van der Waals surface area contributed by atoms with Gasteiger partial charge in [0.1, 0.15) is 0 Å². The van der Waals surface area contributed by atoms with Crippen LogP contribution in [-0.2, 0) is 4.87 Å². The highest BCUT2D eigenvalue weighted by Gasteiger charge is 2.30. The molecule has 17 heavy (non-hydrogen) atoms. The number of alkyl halides is 1. The van der Waals surface area contributed by atoms with Gasteiger partial charge in [0.2, 0.25) is 0 Å². The molecule has 1 heteroatoms. The topological polar surface area (TPSA) is 0 Å². The standard InChI is InChI=1S/C16H17Cl/c1-2-13-16(17,14-9-5-3-6-10-14)15-11-7-4-8-12-15/h3-12H,2,13H2,1H3. The SMILES string of the molecule is CCCC(Cl)(c1ccccc1)c1ccccc1. The highest BCUT2D eigenvalue weighted by molar-refractivity contribution is 6.26. The Labute approximate surface area is 108 Å². The summed E-state index contributed by atoms with van der Waals surface area (Å²) in [6.45, 7) is 2.17. The average Bonchev–Trinajstić information content (AvgIpc) is 2.41. The molecule has 0 aliphatic carbocycles. The second-order valence-electron chi connectivity index (χ2n) is 4.28. The van der Waals surface area contributed by atoms with Crippen LogP contribution in [0.3, 0.4) is 0 Å². The molecule has 0 heterocycles. The first-order valence-corrected chi connectivity index (χ1v) is 6.45. The second-order valence-corrected chi connectivity index (χ2v) is 4.93. The van der Waals surface area contributed by atoms with Gasteiger partial charge in [-0.25, -0.2) is 0 Å². The summed E-state index contributed by atoms with van der Waals surface area (Å²) in [7, 11) is 0. The normalized spacial score (nSPS) is 11.4. The van der Waals surface area contributed by atoms with E-state index >= 15 is 0 Å². The molecule has 0 unspecified atom stereocenters. The zero-order valence-corrected chi connectivity index (χ0v) is 10.8. The number of halogens is 1. The third-order valence-corrected chi connectivity index (χ3v) is 3.68. The summed E-state index contributed by atoms with van der Waals surface area (Å²) in [6.07, 6.45) is 2.01. The van der Waals surface area contributed by atoms with E-state index < -0.39 is 4.87 Å². The van der Waals surface area contributed by atoms with E-state index in [9.17, 15) is 0 Å². The van der Waals surface area contributed by atoms with Crippen molar-refractivity contribution in [2.75, 3.05) is 0 Å². The molecule has 0 amide bonds. The molecular weight excluding hydrogens is 228 g/mol. The summed E-state index contributed by atoms with van der Waals surface area (Å²) < 4.78 is 0. The first kappa shape index (κ1) is 12.2. The molecule has 0 aliphatic rings. The first-order valence-electron chi connectivity index (χ1n) is 6.07. The fourth-order valence-electron chi connectivity index (χ4n) is 2.20. The lowest BCUT2D eigenvalue weighted by Crippen LogP contribution is -2.20. The minimum Gasteiger partial charge on any atom is -0.109 e. The van der Waals surface area contributed by atoms with Crippen LogP contribution in [0.15, 0.2) is 60.7 Å². The van der Waals surface area contributed by atoms with Gasteiger partial charge in [0.05, 0.1) is 4.87 Å². The highest BCUT2D eigenvalue weighted by Crippen LogP contribution is 2.40. The fraction of sp³-hybridized carbons (Fsp3) is 0.250. The van der Waals surface area contributed by atoms with E-state index in [1.807, 2.05) is 36.4 Å². The predicted molar refractivity (Wildman–Crippen MR) is 74.4 cm³/mol. The molecule has 88 valence electrons. The summed E-state index contributed by atoms with van der Waals surface area (Å²) in [5.41, 5.74) is 2.35. The van der Waals surface area contributed by atoms with E-state index in [1.54, 1.807) is 0 Å². The van der Waals surface area contributed by atoms with Gasteiger partial charge in [-0.3, -0.25) is 0 Å². The van der Waals surface area contributed by atoms with Crippen molar-refractivity contribution < 1.29 is 0 Å². The van der Waals surface area contributed by atoms with Crippen molar-refractivity contribution in [2.24, 2.45) is 0 Å². The van der Waals surface area contributed by atoms with Crippen LogP contribution in [0.25, 0.3) is 0 Å². The highest BCUT2D eigenvalue weighted by atomic mass is 35.5. The lowest BCUT2D eigenvalue weighted by molar-refractivity contribution is 0.634. The number of rotatable bonds is 4. The summed E-state index contributed by atoms with van der Waals surface area (Å²) in [6, 6.07) is 20.7. The molecule has 0 fully saturated rings. The van der Waals surface area contributed by atoms with E-state index in [-0.39, 0.29) is 0 Å². The molecule has 0 nitrogen and oxygen atoms in total. The van der Waals surface area contributed by atoms with Gasteiger partial charge in [0, 0.05) is 0 Å². The maximum absolute atomic E-state index is 6.89. The minimum atomic E-state index is -0.392. The summed E-state index contributed by atoms with van der Waals surface area (Å²) in [5.74, 6) is 0. The van der Waals surface area contributed by atoms with Crippen LogP contribution in [0.4, 0.5) is 0 Å². The van der Waals surface area contributed by atoms with Crippen LogP contribution in [0.1, 0.15) is 30.9 Å². The fourth-order valence-corrected chi connectivity index (χ4v) is 2.65. The first-order chi connectivity index (χ1) is 8.27. The Hall–Kier alpha value is -1.27. The molecule has 0 saturated heterocycles. The monoisotopic (exact) mass is 244 g/mol. The van der Waals surface area contributed by atoms with Crippen LogP contribution < -0.4 is 0 Å². The van der Waals surface area contributed by atoms with Crippen molar-refractivity contribution in [1.29, 1.82) is 0 Å². The predicted octanol–water partition coefficient (Wildman–Crippen LogP) is 4.97. The molecule has 0 atom stereocenters. The molecule has 0 radical (unpaired) electrons. The number of benzene rings is 2. The zero-order chi connectivity index (χ0) is 12.1. The van der Waals surface area contributed by atoms with Crippen molar-refractivity contribution in [3.63, 3.8) is 0 Å². The number of hydrogen-bond donors (Lipinski definition) is 0. The third kappa shape index (κ3) is 2.53. The molecule has 0 bridgehead atoms. The van der Waals surface area contributed by atoms with E-state index in [0.29, 0.717) is 0 Å². The maximum atomic E-state index is 6.89. The molecule has 0 aromatic heterocycles.